The van der Waals surface area contributed by atoms with E-state index >= 15 is 0 Å². The van der Waals surface area contributed by atoms with Crippen LogP contribution < -0.4 is 5.32 Å². The van der Waals surface area contributed by atoms with Gasteiger partial charge in [-0.15, -0.1) is 0 Å². The zero-order valence-corrected chi connectivity index (χ0v) is 8.61. The predicted molar refractivity (Wildman–Crippen MR) is 50.0 cm³/mol. The van der Waals surface area contributed by atoms with Crippen LogP contribution in [0.4, 0.5) is 8.78 Å². The third-order valence-corrected chi connectivity index (χ3v) is 2.82. The molecule has 1 nitrogen and oxygen atoms in total. The molecule has 0 saturated heterocycles. The molecule has 13 heavy (non-hydrogen) atoms. The zero-order chi connectivity index (χ0) is 10.1. The minimum atomic E-state index is -2.57. The summed E-state index contributed by atoms with van der Waals surface area (Å²) in [7, 11) is 0. The van der Waals surface area contributed by atoms with E-state index in [1.54, 1.807) is 0 Å². The van der Waals surface area contributed by atoms with Crippen molar-refractivity contribution >= 4 is 0 Å². The van der Waals surface area contributed by atoms with Crippen LogP contribution in [0.3, 0.4) is 0 Å². The third-order valence-electron chi connectivity index (χ3n) is 2.82. The Hall–Kier alpha value is -0.180. The van der Waals surface area contributed by atoms with E-state index in [0.29, 0.717) is 12.0 Å². The Bertz CT molecular complexity index is 157. The van der Waals surface area contributed by atoms with Gasteiger partial charge in [0.15, 0.2) is 0 Å². The quantitative estimate of drug-likeness (QED) is 0.720. The van der Waals surface area contributed by atoms with E-state index in [1.807, 2.05) is 0 Å². The smallest absolute Gasteiger partial charge is 0.257 e. The van der Waals surface area contributed by atoms with Crippen LogP contribution in [0.1, 0.15) is 33.6 Å². The molecule has 0 spiro atoms. The summed E-state index contributed by atoms with van der Waals surface area (Å²) in [5, 5.41) is 2.89. The second kappa shape index (κ2) is 3.91. The van der Waals surface area contributed by atoms with Crippen LogP contribution in [0.15, 0.2) is 0 Å². The number of nitrogens with one attached hydrogen (secondary N) is 1. The van der Waals surface area contributed by atoms with Gasteiger partial charge in [-0.2, -0.15) is 0 Å². The highest BCUT2D eigenvalue weighted by Gasteiger charge is 2.32. The van der Waals surface area contributed by atoms with Gasteiger partial charge in [0.1, 0.15) is 0 Å². The van der Waals surface area contributed by atoms with Crippen LogP contribution in [0.25, 0.3) is 0 Å². The highest BCUT2D eigenvalue weighted by molar-refractivity contribution is 4.87. The molecule has 0 radical (unpaired) electrons. The van der Waals surface area contributed by atoms with E-state index in [9.17, 15) is 8.78 Å². The standard InChI is InChI=1S/C10H19F2N/c1-7(2)8-4-9(5-8)13-6-10(3,11)12/h7-9,13H,4-6H2,1-3H3/t8-,9-. The molecule has 1 saturated carbocycles. The molecule has 0 unspecified atom stereocenters. The fourth-order valence-corrected chi connectivity index (χ4v) is 1.70. The van der Waals surface area contributed by atoms with Crippen molar-refractivity contribution in [2.45, 2.75) is 45.6 Å². The molecule has 0 amide bonds. The van der Waals surface area contributed by atoms with Crippen molar-refractivity contribution in [1.82, 2.24) is 5.32 Å². The first kappa shape index (κ1) is 10.9. The molecule has 1 aliphatic carbocycles. The van der Waals surface area contributed by atoms with E-state index in [0.717, 1.165) is 25.7 Å². The average Bonchev–Trinajstić information content (AvgIpc) is 1.79. The summed E-state index contributed by atoms with van der Waals surface area (Å²) in [5.74, 6) is -1.13. The molecule has 0 heterocycles. The van der Waals surface area contributed by atoms with Crippen LogP contribution in [0.2, 0.25) is 0 Å². The minimum Gasteiger partial charge on any atom is -0.308 e. The number of halogens is 2. The highest BCUT2D eigenvalue weighted by Crippen LogP contribution is 2.33. The van der Waals surface area contributed by atoms with Gasteiger partial charge in [0.2, 0.25) is 0 Å². The van der Waals surface area contributed by atoms with E-state index in [-0.39, 0.29) is 6.54 Å². The van der Waals surface area contributed by atoms with Crippen molar-refractivity contribution < 1.29 is 8.78 Å². The molecule has 1 fully saturated rings. The van der Waals surface area contributed by atoms with E-state index in [2.05, 4.69) is 19.2 Å². The molecular formula is C10H19F2N. The normalized spacial score (nSPS) is 29.1. The Labute approximate surface area is 78.9 Å². The van der Waals surface area contributed by atoms with Crippen LogP contribution in [0, 0.1) is 11.8 Å². The molecule has 3 heteroatoms. The lowest BCUT2D eigenvalue weighted by atomic mass is 9.73. The average molecular weight is 191 g/mol. The van der Waals surface area contributed by atoms with Gasteiger partial charge in [-0.25, -0.2) is 8.78 Å². The van der Waals surface area contributed by atoms with Crippen molar-refractivity contribution in [2.24, 2.45) is 11.8 Å². The Kier molecular flexibility index (Phi) is 3.28. The molecule has 0 bridgehead atoms. The van der Waals surface area contributed by atoms with E-state index in [1.165, 1.54) is 0 Å². The Morgan fingerprint density at radius 1 is 1.38 bits per heavy atom. The first-order valence-electron chi connectivity index (χ1n) is 4.99. The number of rotatable bonds is 4. The Morgan fingerprint density at radius 2 is 1.92 bits per heavy atom. The largest absolute Gasteiger partial charge is 0.308 e. The van der Waals surface area contributed by atoms with Gasteiger partial charge in [-0.05, 0) is 24.7 Å². The molecule has 1 rings (SSSR count). The summed E-state index contributed by atoms with van der Waals surface area (Å²) in [6.45, 7) is 5.16. The summed E-state index contributed by atoms with van der Waals surface area (Å²) in [6, 6.07) is 0.332. The number of hydrogen-bond acceptors (Lipinski definition) is 1. The maximum Gasteiger partial charge on any atom is 0.257 e. The molecule has 0 aromatic carbocycles. The number of alkyl halides is 2. The van der Waals surface area contributed by atoms with Crippen molar-refractivity contribution in [3.63, 3.8) is 0 Å². The van der Waals surface area contributed by atoms with Crippen molar-refractivity contribution in [3.05, 3.63) is 0 Å². The van der Waals surface area contributed by atoms with Crippen molar-refractivity contribution in [2.75, 3.05) is 6.54 Å². The van der Waals surface area contributed by atoms with Crippen LogP contribution in [-0.2, 0) is 0 Å². The first-order valence-corrected chi connectivity index (χ1v) is 4.99. The van der Waals surface area contributed by atoms with Crippen LogP contribution in [-0.4, -0.2) is 18.5 Å². The van der Waals surface area contributed by atoms with Crippen molar-refractivity contribution in [3.8, 4) is 0 Å². The summed E-state index contributed by atoms with van der Waals surface area (Å²) < 4.78 is 24.9. The molecule has 0 aliphatic heterocycles. The summed E-state index contributed by atoms with van der Waals surface area (Å²) in [5.41, 5.74) is 0. The Morgan fingerprint density at radius 3 is 2.31 bits per heavy atom. The Balaban J connectivity index is 2.09. The fraction of sp³-hybridized carbons (Fsp3) is 1.00. The lowest BCUT2D eigenvalue weighted by Crippen LogP contribution is -2.46. The minimum absolute atomic E-state index is 0.178. The van der Waals surface area contributed by atoms with Gasteiger partial charge in [-0.3, -0.25) is 0 Å². The van der Waals surface area contributed by atoms with E-state index < -0.39 is 5.92 Å². The van der Waals surface area contributed by atoms with Gasteiger partial charge < -0.3 is 5.32 Å². The van der Waals surface area contributed by atoms with Gasteiger partial charge in [0.25, 0.3) is 5.92 Å². The van der Waals surface area contributed by atoms with Gasteiger partial charge in [0, 0.05) is 13.0 Å². The first-order chi connectivity index (χ1) is 5.88. The van der Waals surface area contributed by atoms with Gasteiger partial charge in [-0.1, -0.05) is 13.8 Å². The molecule has 0 aromatic rings. The zero-order valence-electron chi connectivity index (χ0n) is 8.61. The highest BCUT2D eigenvalue weighted by atomic mass is 19.3. The summed E-state index contributed by atoms with van der Waals surface area (Å²) in [4.78, 5) is 0. The topological polar surface area (TPSA) is 12.0 Å². The maximum atomic E-state index is 12.4. The molecule has 1 aliphatic rings. The SMILES string of the molecule is CC(C)[C@H]1C[C@H](NCC(C)(F)F)C1. The van der Waals surface area contributed by atoms with Gasteiger partial charge in [0.05, 0.1) is 6.54 Å². The second-order valence-electron chi connectivity index (χ2n) is 4.62. The molecule has 0 aromatic heterocycles. The van der Waals surface area contributed by atoms with Gasteiger partial charge >= 0.3 is 0 Å². The summed E-state index contributed by atoms with van der Waals surface area (Å²) >= 11 is 0. The monoisotopic (exact) mass is 191 g/mol. The molecule has 78 valence electrons. The van der Waals surface area contributed by atoms with E-state index in [4.69, 9.17) is 0 Å². The molecule has 1 N–H and O–H groups in total. The maximum absolute atomic E-state index is 12.4. The van der Waals surface area contributed by atoms with Crippen LogP contribution in [0.5, 0.6) is 0 Å². The number of hydrogen-bond donors (Lipinski definition) is 1. The van der Waals surface area contributed by atoms with Crippen molar-refractivity contribution in [1.29, 1.82) is 0 Å². The lowest BCUT2D eigenvalue weighted by molar-refractivity contribution is 0.0124. The third kappa shape index (κ3) is 3.59. The fourth-order valence-electron chi connectivity index (χ4n) is 1.70. The molecular weight excluding hydrogens is 172 g/mol. The predicted octanol–water partition coefficient (Wildman–Crippen LogP) is 2.67. The summed E-state index contributed by atoms with van der Waals surface area (Å²) in [6.07, 6.45) is 2.13. The molecule has 0 atom stereocenters. The lowest BCUT2D eigenvalue weighted by Gasteiger charge is -2.39. The second-order valence-corrected chi connectivity index (χ2v) is 4.62. The van der Waals surface area contributed by atoms with Crippen LogP contribution >= 0.6 is 0 Å².